The molecule has 7 nitrogen and oxygen atoms in total. The van der Waals surface area contributed by atoms with E-state index in [1.165, 1.54) is 11.3 Å². The van der Waals surface area contributed by atoms with Gasteiger partial charge >= 0.3 is 6.03 Å². The van der Waals surface area contributed by atoms with Crippen LogP contribution in [0.2, 0.25) is 0 Å². The SMILES string of the molecule is O=C(NCCc1nn2cnnc2s1)NCc1ccccc1. The van der Waals surface area contributed by atoms with Crippen molar-refractivity contribution in [2.45, 2.75) is 13.0 Å². The summed E-state index contributed by atoms with van der Waals surface area (Å²) in [5, 5.41) is 18.5. The third kappa shape index (κ3) is 3.54. The van der Waals surface area contributed by atoms with Gasteiger partial charge in [-0.15, -0.1) is 10.2 Å². The molecule has 2 N–H and O–H groups in total. The molecule has 0 aliphatic carbocycles. The molecule has 2 heterocycles. The van der Waals surface area contributed by atoms with Crippen LogP contribution in [0.3, 0.4) is 0 Å². The maximum atomic E-state index is 11.7. The molecule has 1 aromatic carbocycles. The highest BCUT2D eigenvalue weighted by Crippen LogP contribution is 2.11. The lowest BCUT2D eigenvalue weighted by Gasteiger charge is -2.06. The molecule has 0 spiro atoms. The first-order chi connectivity index (χ1) is 10.3. The van der Waals surface area contributed by atoms with Gasteiger partial charge in [-0.05, 0) is 5.56 Å². The van der Waals surface area contributed by atoms with Crippen molar-refractivity contribution >= 4 is 22.3 Å². The fraction of sp³-hybridized carbons (Fsp3) is 0.231. The Balaban J connectivity index is 1.40. The highest BCUT2D eigenvalue weighted by molar-refractivity contribution is 7.16. The van der Waals surface area contributed by atoms with Crippen LogP contribution in [-0.2, 0) is 13.0 Å². The number of urea groups is 1. The van der Waals surface area contributed by atoms with E-state index in [1.54, 1.807) is 10.8 Å². The van der Waals surface area contributed by atoms with Crippen LogP contribution in [0.1, 0.15) is 10.6 Å². The maximum absolute atomic E-state index is 11.7. The molecule has 0 bridgehead atoms. The summed E-state index contributed by atoms with van der Waals surface area (Å²) in [6.07, 6.45) is 2.24. The number of amides is 2. The first-order valence-corrected chi connectivity index (χ1v) is 7.34. The van der Waals surface area contributed by atoms with Gasteiger partial charge in [0.2, 0.25) is 4.96 Å². The molecular weight excluding hydrogens is 288 g/mol. The number of nitrogens with one attached hydrogen (secondary N) is 2. The van der Waals surface area contributed by atoms with Gasteiger partial charge in [-0.3, -0.25) is 0 Å². The average Bonchev–Trinajstić information content (AvgIpc) is 3.07. The minimum Gasteiger partial charge on any atom is -0.338 e. The van der Waals surface area contributed by atoms with E-state index in [0.29, 0.717) is 19.5 Å². The molecule has 3 aromatic rings. The number of fused-ring (bicyclic) bond motifs is 1. The lowest BCUT2D eigenvalue weighted by molar-refractivity contribution is 0.240. The summed E-state index contributed by atoms with van der Waals surface area (Å²) in [6.45, 7) is 1.05. The van der Waals surface area contributed by atoms with Crippen LogP contribution in [0.4, 0.5) is 4.79 Å². The van der Waals surface area contributed by atoms with Crippen LogP contribution in [0, 0.1) is 0 Å². The molecule has 8 heteroatoms. The Bertz CT molecular complexity index is 694. The fourth-order valence-electron chi connectivity index (χ4n) is 1.83. The van der Waals surface area contributed by atoms with Crippen molar-refractivity contribution in [3.05, 3.63) is 47.2 Å². The summed E-state index contributed by atoms with van der Waals surface area (Å²) in [5.41, 5.74) is 1.07. The van der Waals surface area contributed by atoms with Gasteiger partial charge in [-0.25, -0.2) is 4.79 Å². The molecule has 21 heavy (non-hydrogen) atoms. The van der Waals surface area contributed by atoms with E-state index >= 15 is 0 Å². The zero-order chi connectivity index (χ0) is 14.5. The number of aromatic nitrogens is 4. The normalized spacial score (nSPS) is 10.7. The van der Waals surface area contributed by atoms with Crippen molar-refractivity contribution in [2.75, 3.05) is 6.54 Å². The largest absolute Gasteiger partial charge is 0.338 e. The van der Waals surface area contributed by atoms with Gasteiger partial charge in [0, 0.05) is 19.5 Å². The van der Waals surface area contributed by atoms with Crippen LogP contribution in [0.15, 0.2) is 36.7 Å². The topological polar surface area (TPSA) is 84.2 Å². The lowest BCUT2D eigenvalue weighted by atomic mass is 10.2. The van der Waals surface area contributed by atoms with Crippen LogP contribution < -0.4 is 10.6 Å². The lowest BCUT2D eigenvalue weighted by Crippen LogP contribution is -2.36. The summed E-state index contributed by atoms with van der Waals surface area (Å²) >= 11 is 1.47. The van der Waals surface area contributed by atoms with Crippen LogP contribution in [-0.4, -0.2) is 32.4 Å². The van der Waals surface area contributed by atoms with Crippen LogP contribution in [0.25, 0.3) is 4.96 Å². The van der Waals surface area contributed by atoms with Gasteiger partial charge < -0.3 is 10.6 Å². The summed E-state index contributed by atoms with van der Waals surface area (Å²) < 4.78 is 1.63. The standard InChI is InChI=1S/C13H14N6OS/c20-12(15-8-10-4-2-1-3-5-10)14-7-6-11-18-19-9-16-17-13(19)21-11/h1-5,9H,6-8H2,(H2,14,15,20). The Morgan fingerprint density at radius 3 is 2.90 bits per heavy atom. The van der Waals surface area contributed by atoms with Crippen molar-refractivity contribution in [3.63, 3.8) is 0 Å². The summed E-state index contributed by atoms with van der Waals surface area (Å²) in [4.78, 5) is 12.4. The molecule has 0 aliphatic heterocycles. The molecule has 0 radical (unpaired) electrons. The van der Waals surface area contributed by atoms with Crippen LogP contribution in [0.5, 0.6) is 0 Å². The highest BCUT2D eigenvalue weighted by atomic mass is 32.1. The Morgan fingerprint density at radius 2 is 2.10 bits per heavy atom. The molecule has 2 aromatic heterocycles. The second-order valence-corrected chi connectivity index (χ2v) is 5.44. The fourth-order valence-corrected chi connectivity index (χ4v) is 2.64. The third-order valence-corrected chi connectivity index (χ3v) is 3.82. The smallest absolute Gasteiger partial charge is 0.315 e. The Morgan fingerprint density at radius 1 is 1.24 bits per heavy atom. The van der Waals surface area contributed by atoms with Crippen LogP contribution >= 0.6 is 11.3 Å². The zero-order valence-electron chi connectivity index (χ0n) is 11.2. The molecule has 0 atom stereocenters. The number of carbonyl (C=O) groups is 1. The van der Waals surface area contributed by atoms with Crippen molar-refractivity contribution in [3.8, 4) is 0 Å². The molecule has 108 valence electrons. The summed E-state index contributed by atoms with van der Waals surface area (Å²) in [5.74, 6) is 0. The molecule has 3 rings (SSSR count). The molecule has 0 saturated carbocycles. The number of carbonyl (C=O) groups excluding carboxylic acids is 1. The average molecular weight is 302 g/mol. The van der Waals surface area contributed by atoms with Crippen molar-refractivity contribution < 1.29 is 4.79 Å². The van der Waals surface area contributed by atoms with Gasteiger partial charge in [0.1, 0.15) is 11.3 Å². The second-order valence-electron chi connectivity index (χ2n) is 4.40. The first-order valence-electron chi connectivity index (χ1n) is 6.52. The Kier molecular flexibility index (Phi) is 4.06. The van der Waals surface area contributed by atoms with Gasteiger partial charge in [0.25, 0.3) is 0 Å². The molecule has 0 unspecified atom stereocenters. The Hall–Kier alpha value is -2.48. The molecule has 0 fully saturated rings. The minimum absolute atomic E-state index is 0.179. The van der Waals surface area contributed by atoms with Crippen molar-refractivity contribution in [1.82, 2.24) is 30.4 Å². The monoisotopic (exact) mass is 302 g/mol. The first kappa shape index (κ1) is 13.5. The second kappa shape index (κ2) is 6.31. The predicted molar refractivity (Wildman–Crippen MR) is 79.0 cm³/mol. The highest BCUT2D eigenvalue weighted by Gasteiger charge is 2.06. The van der Waals surface area contributed by atoms with Gasteiger partial charge in [0.15, 0.2) is 0 Å². The van der Waals surface area contributed by atoms with E-state index in [1.807, 2.05) is 30.3 Å². The maximum Gasteiger partial charge on any atom is 0.315 e. The molecule has 0 aliphatic rings. The predicted octanol–water partition coefficient (Wildman–Crippen LogP) is 1.23. The van der Waals surface area contributed by atoms with Gasteiger partial charge in [-0.1, -0.05) is 41.7 Å². The van der Waals surface area contributed by atoms with E-state index in [4.69, 9.17) is 0 Å². The summed E-state index contributed by atoms with van der Waals surface area (Å²) in [6, 6.07) is 9.61. The minimum atomic E-state index is -0.179. The quantitative estimate of drug-likeness (QED) is 0.742. The van der Waals surface area contributed by atoms with E-state index < -0.39 is 0 Å². The van der Waals surface area contributed by atoms with Crippen molar-refractivity contribution in [1.29, 1.82) is 0 Å². The Labute approximate surface area is 125 Å². The molecule has 0 saturated heterocycles. The van der Waals surface area contributed by atoms with E-state index in [0.717, 1.165) is 15.5 Å². The number of rotatable bonds is 5. The molecule has 2 amide bonds. The zero-order valence-corrected chi connectivity index (χ0v) is 12.0. The van der Waals surface area contributed by atoms with Crippen molar-refractivity contribution in [2.24, 2.45) is 0 Å². The van der Waals surface area contributed by atoms with E-state index in [2.05, 4.69) is 25.9 Å². The molecular formula is C13H14N6OS. The number of hydrogen-bond donors (Lipinski definition) is 2. The van der Waals surface area contributed by atoms with E-state index in [9.17, 15) is 4.79 Å². The van der Waals surface area contributed by atoms with Gasteiger partial charge in [0.05, 0.1) is 0 Å². The van der Waals surface area contributed by atoms with E-state index in [-0.39, 0.29) is 6.03 Å². The number of benzene rings is 1. The third-order valence-electron chi connectivity index (χ3n) is 2.85. The number of nitrogens with zero attached hydrogens (tertiary/aromatic N) is 4. The summed E-state index contributed by atoms with van der Waals surface area (Å²) in [7, 11) is 0. The van der Waals surface area contributed by atoms with Gasteiger partial charge in [-0.2, -0.15) is 9.61 Å². The number of hydrogen-bond acceptors (Lipinski definition) is 5.